The molecule has 0 saturated heterocycles. The van der Waals surface area contributed by atoms with Gasteiger partial charge < -0.3 is 19.1 Å². The average Bonchev–Trinajstić information content (AvgIpc) is 3.23. The number of anilines is 1. The minimum Gasteiger partial charge on any atom is -0.494 e. The number of fused-ring (bicyclic) bond motifs is 1. The number of benzene rings is 2. The molecule has 2 aromatic rings. The molecule has 2 aromatic carbocycles. The fourth-order valence-electron chi connectivity index (χ4n) is 4.73. The van der Waals surface area contributed by atoms with Crippen molar-refractivity contribution in [3.8, 4) is 17.2 Å². The van der Waals surface area contributed by atoms with Crippen LogP contribution in [0.25, 0.3) is 0 Å². The van der Waals surface area contributed by atoms with Crippen molar-refractivity contribution in [2.75, 3.05) is 18.3 Å². The molecule has 0 spiro atoms. The van der Waals surface area contributed by atoms with E-state index in [-0.39, 0.29) is 18.2 Å². The number of nitrogens with zero attached hydrogens (tertiary/aromatic N) is 2. The van der Waals surface area contributed by atoms with Crippen LogP contribution in [0, 0.1) is 0 Å². The van der Waals surface area contributed by atoms with E-state index in [2.05, 4.69) is 26.8 Å². The van der Waals surface area contributed by atoms with Crippen molar-refractivity contribution < 1.29 is 19.0 Å². The quantitative estimate of drug-likeness (QED) is 0.768. The Kier molecular flexibility index (Phi) is 3.88. The van der Waals surface area contributed by atoms with Crippen LogP contribution in [0.2, 0.25) is 0 Å². The number of ether oxygens (including phenoxy) is 3. The highest BCUT2D eigenvalue weighted by molar-refractivity contribution is 6.55. The second-order valence-electron chi connectivity index (χ2n) is 8.40. The lowest BCUT2D eigenvalue weighted by Crippen LogP contribution is -2.50. The van der Waals surface area contributed by atoms with Crippen LogP contribution < -0.4 is 19.1 Å². The van der Waals surface area contributed by atoms with E-state index >= 15 is 0 Å². The summed E-state index contributed by atoms with van der Waals surface area (Å²) in [5.41, 5.74) is 3.80. The third-order valence-electron chi connectivity index (χ3n) is 5.85. The normalized spacial score (nSPS) is 22.2. The fraction of sp³-hybridized carbons (Fsp3) is 0.391. The van der Waals surface area contributed by atoms with Crippen LogP contribution in [0.5, 0.6) is 17.2 Å². The Hall–Kier alpha value is -3.02. The first-order valence-electron chi connectivity index (χ1n) is 10.0. The zero-order valence-corrected chi connectivity index (χ0v) is 17.1. The summed E-state index contributed by atoms with van der Waals surface area (Å²) < 4.78 is 16.6. The van der Waals surface area contributed by atoms with Crippen molar-refractivity contribution in [2.24, 2.45) is 4.99 Å². The Morgan fingerprint density at radius 3 is 2.79 bits per heavy atom. The molecule has 3 aliphatic heterocycles. The molecule has 150 valence electrons. The topological polar surface area (TPSA) is 60.4 Å². The fourth-order valence-corrected chi connectivity index (χ4v) is 4.73. The molecular weight excluding hydrogens is 368 g/mol. The Labute approximate surface area is 170 Å². The van der Waals surface area contributed by atoms with Crippen molar-refractivity contribution >= 4 is 23.0 Å². The predicted octanol–water partition coefficient (Wildman–Crippen LogP) is 4.57. The molecular formula is C23H24N2O4. The number of carbonyl (C=O) groups is 1. The van der Waals surface area contributed by atoms with E-state index in [1.807, 2.05) is 36.1 Å². The highest BCUT2D eigenvalue weighted by Crippen LogP contribution is 2.50. The van der Waals surface area contributed by atoms with E-state index in [4.69, 9.17) is 19.2 Å². The van der Waals surface area contributed by atoms with Crippen molar-refractivity contribution in [3.05, 3.63) is 41.5 Å². The van der Waals surface area contributed by atoms with Gasteiger partial charge in [-0.2, -0.15) is 0 Å². The van der Waals surface area contributed by atoms with Gasteiger partial charge in [-0.15, -0.1) is 0 Å². The second-order valence-corrected chi connectivity index (χ2v) is 8.40. The molecule has 0 N–H and O–H groups in total. The minimum atomic E-state index is -0.280. The number of carbonyl (C=O) groups excluding carboxylic acids is 1. The van der Waals surface area contributed by atoms with Gasteiger partial charge in [0.05, 0.1) is 18.0 Å². The molecule has 0 aliphatic carbocycles. The second kappa shape index (κ2) is 6.24. The predicted molar refractivity (Wildman–Crippen MR) is 111 cm³/mol. The van der Waals surface area contributed by atoms with Gasteiger partial charge in [0.15, 0.2) is 11.5 Å². The van der Waals surface area contributed by atoms with E-state index in [0.717, 1.165) is 29.0 Å². The molecule has 0 fully saturated rings. The van der Waals surface area contributed by atoms with Crippen molar-refractivity contribution in [2.45, 2.75) is 45.6 Å². The summed E-state index contributed by atoms with van der Waals surface area (Å²) in [5, 5.41) is 0. The first kappa shape index (κ1) is 18.0. The first-order valence-corrected chi connectivity index (χ1v) is 10.0. The van der Waals surface area contributed by atoms with Gasteiger partial charge in [0.25, 0.3) is 5.91 Å². The van der Waals surface area contributed by atoms with Gasteiger partial charge in [0, 0.05) is 17.2 Å². The maximum atomic E-state index is 13.5. The van der Waals surface area contributed by atoms with Crippen LogP contribution in [-0.2, 0) is 4.79 Å². The highest BCUT2D eigenvalue weighted by Gasteiger charge is 2.48. The molecule has 0 radical (unpaired) electrons. The van der Waals surface area contributed by atoms with E-state index in [9.17, 15) is 4.79 Å². The molecule has 3 aliphatic rings. The zero-order valence-electron chi connectivity index (χ0n) is 17.1. The zero-order chi connectivity index (χ0) is 20.3. The summed E-state index contributed by atoms with van der Waals surface area (Å²) in [5.74, 6) is 2.39. The molecule has 5 rings (SSSR count). The van der Waals surface area contributed by atoms with Crippen LogP contribution in [0.1, 0.15) is 51.2 Å². The van der Waals surface area contributed by atoms with Crippen LogP contribution in [-0.4, -0.2) is 30.6 Å². The standard InChI is InChI=1S/C23H24N2O4/c1-5-27-15-9-16-13(2)11-23(3,4)25-21(16)17(10-15)20(22(25)26)24-14-6-7-18-19(8-14)29-12-28-18/h6-10,13H,5,11-12H2,1-4H3/t13-/m0/s1. The van der Waals surface area contributed by atoms with Crippen molar-refractivity contribution in [1.29, 1.82) is 0 Å². The summed E-state index contributed by atoms with van der Waals surface area (Å²) in [7, 11) is 0. The molecule has 29 heavy (non-hydrogen) atoms. The molecule has 6 heteroatoms. The number of hydrogen-bond acceptors (Lipinski definition) is 5. The number of amides is 1. The van der Waals surface area contributed by atoms with Gasteiger partial charge in [0.1, 0.15) is 11.5 Å². The van der Waals surface area contributed by atoms with E-state index in [0.29, 0.717) is 35.4 Å². The SMILES string of the molecule is CCOc1cc2c3c(c1)[C@@H](C)CC(C)(C)N3C(=O)C2=Nc1ccc2c(c1)OCO2. The van der Waals surface area contributed by atoms with Gasteiger partial charge >= 0.3 is 0 Å². The molecule has 0 saturated carbocycles. The molecule has 3 heterocycles. The van der Waals surface area contributed by atoms with Gasteiger partial charge in [-0.05, 0) is 62.9 Å². The summed E-state index contributed by atoms with van der Waals surface area (Å²) in [6.45, 7) is 9.19. The van der Waals surface area contributed by atoms with Crippen LogP contribution in [0.15, 0.2) is 35.3 Å². The van der Waals surface area contributed by atoms with Crippen LogP contribution in [0.4, 0.5) is 11.4 Å². The Morgan fingerprint density at radius 1 is 1.21 bits per heavy atom. The van der Waals surface area contributed by atoms with E-state index in [1.54, 1.807) is 0 Å². The van der Waals surface area contributed by atoms with E-state index in [1.165, 1.54) is 0 Å². The molecule has 0 bridgehead atoms. The maximum absolute atomic E-state index is 13.5. The smallest absolute Gasteiger partial charge is 0.278 e. The van der Waals surface area contributed by atoms with Crippen molar-refractivity contribution in [1.82, 2.24) is 0 Å². The first-order chi connectivity index (χ1) is 13.9. The number of hydrogen-bond donors (Lipinski definition) is 0. The monoisotopic (exact) mass is 392 g/mol. The van der Waals surface area contributed by atoms with Gasteiger partial charge in [-0.1, -0.05) is 6.92 Å². The number of aliphatic imine (C=N–C) groups is 1. The van der Waals surface area contributed by atoms with Gasteiger partial charge in [-0.3, -0.25) is 4.79 Å². The summed E-state index contributed by atoms with van der Waals surface area (Å²) >= 11 is 0. The van der Waals surface area contributed by atoms with Crippen molar-refractivity contribution in [3.63, 3.8) is 0 Å². The maximum Gasteiger partial charge on any atom is 0.278 e. The number of rotatable bonds is 3. The van der Waals surface area contributed by atoms with Crippen LogP contribution >= 0.6 is 0 Å². The summed E-state index contributed by atoms with van der Waals surface area (Å²) in [6, 6.07) is 9.50. The summed E-state index contributed by atoms with van der Waals surface area (Å²) in [4.78, 5) is 20.2. The molecule has 0 unspecified atom stereocenters. The Bertz CT molecular complexity index is 1060. The lowest BCUT2D eigenvalue weighted by Gasteiger charge is -2.43. The minimum absolute atomic E-state index is 0.0653. The molecule has 0 aromatic heterocycles. The van der Waals surface area contributed by atoms with Gasteiger partial charge in [-0.25, -0.2) is 4.99 Å². The Balaban J connectivity index is 1.70. The Morgan fingerprint density at radius 2 is 2.00 bits per heavy atom. The van der Waals surface area contributed by atoms with E-state index < -0.39 is 0 Å². The third-order valence-corrected chi connectivity index (χ3v) is 5.85. The largest absolute Gasteiger partial charge is 0.494 e. The van der Waals surface area contributed by atoms with Gasteiger partial charge in [0.2, 0.25) is 6.79 Å². The molecule has 6 nitrogen and oxygen atoms in total. The lowest BCUT2D eigenvalue weighted by molar-refractivity contribution is -0.113. The average molecular weight is 392 g/mol. The highest BCUT2D eigenvalue weighted by atomic mass is 16.7. The van der Waals surface area contributed by atoms with Crippen LogP contribution in [0.3, 0.4) is 0 Å². The third kappa shape index (κ3) is 2.69. The summed E-state index contributed by atoms with van der Waals surface area (Å²) in [6.07, 6.45) is 0.887. The lowest BCUT2D eigenvalue weighted by atomic mass is 9.80. The molecule has 1 atom stereocenters. The molecule has 1 amide bonds.